The van der Waals surface area contributed by atoms with Crippen LogP contribution >= 0.6 is 0 Å². The third kappa shape index (κ3) is 43.0. The molecule has 25 heteroatoms. The number of hydrogen-bond acceptors (Lipinski definition) is 25. The second-order valence-electron chi connectivity index (χ2n) is 12.6. The van der Waals surface area contributed by atoms with Gasteiger partial charge in [-0.15, -0.1) is 0 Å². The highest BCUT2D eigenvalue weighted by Crippen LogP contribution is 2.01. The minimum Gasteiger partial charge on any atom is -0.432 e. The van der Waals surface area contributed by atoms with Gasteiger partial charge in [0.25, 0.3) is 0 Å². The summed E-state index contributed by atoms with van der Waals surface area (Å²) >= 11 is 0. The van der Waals surface area contributed by atoms with Crippen LogP contribution in [0.3, 0.4) is 0 Å². The smallest absolute Gasteiger partial charge is 0.432 e. The highest BCUT2D eigenvalue weighted by molar-refractivity contribution is 5.59. The largest absolute Gasteiger partial charge is 0.508 e. The molecule has 0 bridgehead atoms. The monoisotopic (exact) mass is 940 g/mol. The Hall–Kier alpha value is -1.61. The summed E-state index contributed by atoms with van der Waals surface area (Å²) in [6.07, 6.45) is -0.786. The molecule has 0 aromatic heterocycles. The summed E-state index contributed by atoms with van der Waals surface area (Å²) in [6.45, 7) is 15.9. The maximum Gasteiger partial charge on any atom is 0.508 e. The van der Waals surface area contributed by atoms with Crippen LogP contribution in [0.4, 0.5) is 4.79 Å². The second kappa shape index (κ2) is 49.3. The lowest BCUT2D eigenvalue weighted by Gasteiger charge is -2.12. The van der Waals surface area contributed by atoms with Crippen LogP contribution in [0.15, 0.2) is 0 Å². The molecule has 2 rings (SSSR count). The number of nitrogens with zero attached hydrogens (tertiary/aromatic N) is 2. The van der Waals surface area contributed by atoms with Crippen molar-refractivity contribution in [3.05, 3.63) is 0 Å². The fourth-order valence-electron chi connectivity index (χ4n) is 4.55. The molecule has 2 saturated heterocycles. The summed E-state index contributed by atoms with van der Waals surface area (Å²) in [5.74, 6) is 0. The molecule has 2 heterocycles. The van der Waals surface area contributed by atoms with Crippen molar-refractivity contribution in [1.29, 1.82) is 0 Å². The predicted molar refractivity (Wildman–Crippen MR) is 218 cm³/mol. The van der Waals surface area contributed by atoms with Gasteiger partial charge in [-0.3, -0.25) is 19.4 Å². The van der Waals surface area contributed by atoms with Crippen molar-refractivity contribution in [2.45, 2.75) is 0 Å². The third-order valence-electron chi connectivity index (χ3n) is 7.60. The van der Waals surface area contributed by atoms with E-state index in [1.807, 2.05) is 0 Å². The van der Waals surface area contributed by atoms with E-state index >= 15 is 0 Å². The zero-order valence-corrected chi connectivity index (χ0v) is 37.7. The topological polar surface area (TPSA) is 227 Å². The van der Waals surface area contributed by atoms with Gasteiger partial charge in [0, 0.05) is 0 Å². The lowest BCUT2D eigenvalue weighted by Crippen LogP contribution is -2.21. The van der Waals surface area contributed by atoms with E-state index in [9.17, 15) is 4.79 Å². The third-order valence-corrected chi connectivity index (χ3v) is 7.60. The highest BCUT2D eigenvalue weighted by Gasteiger charge is 2.13. The van der Waals surface area contributed by atoms with E-state index in [1.165, 1.54) is 10.5 Å². The SMILES string of the molecule is O=C(OCCOCCOCCOCCOCCOCCOCCOCCOCN1OCCO1)OCCOCCOCCOCCOCCOCCOCCOCCOCN1OCCO1. The Balaban J connectivity index is 1.11. The number of carbonyl (C=O) groups is 1. The summed E-state index contributed by atoms with van der Waals surface area (Å²) in [5, 5.41) is 2.63. The Morgan fingerprint density at radius 1 is 0.250 bits per heavy atom. The molecule has 64 heavy (non-hydrogen) atoms. The van der Waals surface area contributed by atoms with Crippen molar-refractivity contribution in [2.24, 2.45) is 0 Å². The molecule has 2 fully saturated rings. The van der Waals surface area contributed by atoms with Crippen molar-refractivity contribution in [3.63, 3.8) is 0 Å². The molecule has 380 valence electrons. The molecule has 0 saturated carbocycles. The molecule has 0 amide bonds. The Morgan fingerprint density at radius 3 is 0.594 bits per heavy atom. The summed E-state index contributed by atoms with van der Waals surface area (Å²) < 4.78 is 96.8. The maximum atomic E-state index is 11.7. The average Bonchev–Trinajstić information content (AvgIpc) is 4.04. The van der Waals surface area contributed by atoms with Gasteiger partial charge in [0.15, 0.2) is 0 Å². The summed E-state index contributed by atoms with van der Waals surface area (Å²) in [4.78, 5) is 32.1. The van der Waals surface area contributed by atoms with Gasteiger partial charge < -0.3 is 85.3 Å². The zero-order valence-electron chi connectivity index (χ0n) is 37.7. The number of hydroxylamine groups is 4. The van der Waals surface area contributed by atoms with E-state index in [4.69, 9.17) is 105 Å². The Bertz CT molecular complexity index is 874. The van der Waals surface area contributed by atoms with Crippen molar-refractivity contribution in [1.82, 2.24) is 10.5 Å². The van der Waals surface area contributed by atoms with Gasteiger partial charge in [-0.25, -0.2) is 4.79 Å². The molecule has 0 aromatic rings. The molecule has 2 aliphatic heterocycles. The molecule has 0 N–H and O–H groups in total. The van der Waals surface area contributed by atoms with Crippen LogP contribution in [0, 0.1) is 0 Å². The normalized spacial score (nSPS) is 14.6. The molecule has 0 spiro atoms. The van der Waals surface area contributed by atoms with E-state index in [2.05, 4.69) is 0 Å². The average molecular weight is 941 g/mol. The zero-order chi connectivity index (χ0) is 45.2. The van der Waals surface area contributed by atoms with Gasteiger partial charge in [0.05, 0.1) is 225 Å². The number of ether oxygens (including phenoxy) is 18. The molecule has 0 aromatic carbocycles. The first-order valence-electron chi connectivity index (χ1n) is 21.9. The van der Waals surface area contributed by atoms with Crippen LogP contribution in [0.25, 0.3) is 0 Å². The first-order chi connectivity index (χ1) is 31.8. The van der Waals surface area contributed by atoms with Crippen molar-refractivity contribution in [3.8, 4) is 0 Å². The van der Waals surface area contributed by atoms with Crippen molar-refractivity contribution < 1.29 is 109 Å². The maximum absolute atomic E-state index is 11.7. The number of carbonyl (C=O) groups excluding carboxylic acids is 1. The van der Waals surface area contributed by atoms with Crippen LogP contribution in [0.1, 0.15) is 0 Å². The Labute approximate surface area is 377 Å². The fraction of sp³-hybridized carbons (Fsp3) is 0.974. The molecule has 0 aliphatic carbocycles. The van der Waals surface area contributed by atoms with Crippen molar-refractivity contribution in [2.75, 3.05) is 251 Å². The standard InChI is InChI=1S/C39H76N2O23/c42-39(59-31-29-55-23-21-51-15-13-47-7-5-43-1-3-45-9-11-49-17-19-53-25-27-57-37-40-61-33-34-62-40)60-32-30-56-24-22-52-16-14-48-8-6-44-2-4-46-10-12-50-18-20-54-26-28-58-38-41-63-35-36-64-41/h1-38H2. The summed E-state index contributed by atoms with van der Waals surface area (Å²) in [7, 11) is 0. The Kier molecular flexibility index (Phi) is 45.1. The highest BCUT2D eigenvalue weighted by atomic mass is 17.0. The lowest BCUT2D eigenvalue weighted by atomic mass is 10.6. The van der Waals surface area contributed by atoms with E-state index in [1.54, 1.807) is 0 Å². The van der Waals surface area contributed by atoms with E-state index in [0.717, 1.165) is 0 Å². The van der Waals surface area contributed by atoms with Gasteiger partial charge in [-0.05, 0) is 10.5 Å². The molecule has 0 atom stereocenters. The number of hydrogen-bond donors (Lipinski definition) is 0. The van der Waals surface area contributed by atoms with E-state index in [-0.39, 0.29) is 39.9 Å². The fourth-order valence-corrected chi connectivity index (χ4v) is 4.55. The molecular weight excluding hydrogens is 864 g/mol. The van der Waals surface area contributed by atoms with Crippen LogP contribution < -0.4 is 0 Å². The first-order valence-corrected chi connectivity index (χ1v) is 21.9. The number of rotatable bonds is 52. The van der Waals surface area contributed by atoms with Gasteiger partial charge >= 0.3 is 6.16 Å². The van der Waals surface area contributed by atoms with Crippen molar-refractivity contribution >= 4 is 6.16 Å². The lowest BCUT2D eigenvalue weighted by molar-refractivity contribution is -0.334. The van der Waals surface area contributed by atoms with E-state index in [0.29, 0.717) is 211 Å². The van der Waals surface area contributed by atoms with Crippen LogP contribution in [-0.4, -0.2) is 268 Å². The van der Waals surface area contributed by atoms with Gasteiger partial charge in [-0.1, -0.05) is 0 Å². The van der Waals surface area contributed by atoms with Gasteiger partial charge in [0.2, 0.25) is 0 Å². The summed E-state index contributed by atoms with van der Waals surface area (Å²) in [5.41, 5.74) is 0. The van der Waals surface area contributed by atoms with Gasteiger partial charge in [0.1, 0.15) is 26.7 Å². The van der Waals surface area contributed by atoms with Gasteiger partial charge in [-0.2, -0.15) is 0 Å². The van der Waals surface area contributed by atoms with Crippen LogP contribution in [0.5, 0.6) is 0 Å². The molecule has 2 aliphatic rings. The summed E-state index contributed by atoms with van der Waals surface area (Å²) in [6, 6.07) is 0. The Morgan fingerprint density at radius 2 is 0.406 bits per heavy atom. The molecular formula is C39H76N2O23. The molecule has 0 unspecified atom stereocenters. The van der Waals surface area contributed by atoms with Crippen LogP contribution in [-0.2, 0) is 105 Å². The minimum atomic E-state index is -0.786. The first kappa shape index (κ1) is 58.5. The minimum absolute atomic E-state index is 0.0665. The van der Waals surface area contributed by atoms with E-state index < -0.39 is 6.16 Å². The quantitative estimate of drug-likeness (QED) is 0.0563. The predicted octanol–water partition coefficient (Wildman–Crippen LogP) is -0.322. The molecule has 25 nitrogen and oxygen atoms in total. The second-order valence-corrected chi connectivity index (χ2v) is 12.6. The molecule has 0 radical (unpaired) electrons. The van der Waals surface area contributed by atoms with Crippen LogP contribution in [0.2, 0.25) is 0 Å².